The zero-order valence-electron chi connectivity index (χ0n) is 10.5. The molecule has 0 bridgehead atoms. The fraction of sp³-hybridized carbons (Fsp3) is 0.538. The van der Waals surface area contributed by atoms with Crippen LogP contribution >= 0.6 is 22.9 Å². The molecule has 1 N–H and O–H groups in total. The third kappa shape index (κ3) is 3.94. The van der Waals surface area contributed by atoms with Gasteiger partial charge in [0.2, 0.25) is 5.91 Å². The van der Waals surface area contributed by atoms with Crippen molar-refractivity contribution in [1.29, 1.82) is 0 Å². The first-order valence-corrected chi connectivity index (χ1v) is 7.55. The maximum absolute atomic E-state index is 12.1. The summed E-state index contributed by atoms with van der Waals surface area (Å²) in [5.41, 5.74) is 0. The SMILES string of the molecule is O=C(O)C1CCCN(C(=O)CCc2cc(Cl)cs2)C1. The Morgan fingerprint density at radius 3 is 2.95 bits per heavy atom. The van der Waals surface area contributed by atoms with Crippen LogP contribution in [0.2, 0.25) is 5.02 Å². The Balaban J connectivity index is 1.84. The summed E-state index contributed by atoms with van der Waals surface area (Å²) < 4.78 is 0. The molecule has 0 aromatic carbocycles. The highest BCUT2D eigenvalue weighted by Crippen LogP contribution is 2.22. The lowest BCUT2D eigenvalue weighted by molar-refractivity contribution is -0.145. The molecular weight excluding hydrogens is 286 g/mol. The number of aliphatic carboxylic acids is 1. The van der Waals surface area contributed by atoms with E-state index in [2.05, 4.69) is 0 Å². The van der Waals surface area contributed by atoms with Crippen LogP contribution in [0, 0.1) is 5.92 Å². The maximum Gasteiger partial charge on any atom is 0.308 e. The average molecular weight is 302 g/mol. The molecule has 0 radical (unpaired) electrons. The minimum atomic E-state index is -0.803. The van der Waals surface area contributed by atoms with Gasteiger partial charge < -0.3 is 10.0 Å². The van der Waals surface area contributed by atoms with Gasteiger partial charge >= 0.3 is 5.97 Å². The molecule has 1 unspecified atom stereocenters. The Hall–Kier alpha value is -1.07. The van der Waals surface area contributed by atoms with Crippen molar-refractivity contribution in [2.75, 3.05) is 13.1 Å². The highest BCUT2D eigenvalue weighted by molar-refractivity contribution is 7.10. The van der Waals surface area contributed by atoms with Gasteiger partial charge in [-0.05, 0) is 25.3 Å². The third-order valence-corrected chi connectivity index (χ3v) is 4.67. The van der Waals surface area contributed by atoms with E-state index in [0.717, 1.165) is 11.3 Å². The molecule has 1 aliphatic heterocycles. The standard InChI is InChI=1S/C13H16ClNO3S/c14-10-6-11(19-8-10)3-4-12(16)15-5-1-2-9(7-15)13(17)18/h6,8-9H,1-5,7H2,(H,17,18). The first-order valence-electron chi connectivity index (χ1n) is 6.30. The largest absolute Gasteiger partial charge is 0.481 e. The van der Waals surface area contributed by atoms with Gasteiger partial charge in [-0.1, -0.05) is 11.6 Å². The molecule has 6 heteroatoms. The number of carbonyl (C=O) groups is 2. The van der Waals surface area contributed by atoms with E-state index in [1.807, 2.05) is 11.4 Å². The molecule has 2 rings (SSSR count). The van der Waals surface area contributed by atoms with Crippen LogP contribution in [0.25, 0.3) is 0 Å². The Morgan fingerprint density at radius 1 is 1.53 bits per heavy atom. The molecule has 1 saturated heterocycles. The van der Waals surface area contributed by atoms with Gasteiger partial charge in [-0.25, -0.2) is 0 Å². The minimum Gasteiger partial charge on any atom is -0.481 e. The second-order valence-electron chi connectivity index (χ2n) is 4.75. The lowest BCUT2D eigenvalue weighted by Crippen LogP contribution is -2.42. The van der Waals surface area contributed by atoms with Gasteiger partial charge in [0.15, 0.2) is 0 Å². The van der Waals surface area contributed by atoms with Crippen LogP contribution in [-0.4, -0.2) is 35.0 Å². The fourth-order valence-corrected chi connectivity index (χ4v) is 3.36. The third-order valence-electron chi connectivity index (χ3n) is 3.33. The van der Waals surface area contributed by atoms with E-state index >= 15 is 0 Å². The normalized spacial score (nSPS) is 19.4. The molecule has 1 aromatic rings. The molecule has 0 aliphatic carbocycles. The predicted octanol–water partition coefficient (Wildman–Crippen LogP) is 2.66. The topological polar surface area (TPSA) is 57.6 Å². The average Bonchev–Trinajstić information content (AvgIpc) is 2.82. The van der Waals surface area contributed by atoms with Crippen LogP contribution in [0.1, 0.15) is 24.1 Å². The summed E-state index contributed by atoms with van der Waals surface area (Å²) >= 11 is 7.37. The lowest BCUT2D eigenvalue weighted by atomic mass is 9.98. The molecule has 1 amide bonds. The number of nitrogens with zero attached hydrogens (tertiary/aromatic N) is 1. The van der Waals surface area contributed by atoms with Crippen LogP contribution in [0.15, 0.2) is 11.4 Å². The summed E-state index contributed by atoms with van der Waals surface area (Å²) in [6.45, 7) is 1.02. The number of likely N-dealkylation sites (tertiary alicyclic amines) is 1. The summed E-state index contributed by atoms with van der Waals surface area (Å²) in [4.78, 5) is 25.8. The molecule has 1 fully saturated rings. The summed E-state index contributed by atoms with van der Waals surface area (Å²) in [5, 5.41) is 11.6. The lowest BCUT2D eigenvalue weighted by Gasteiger charge is -2.30. The van der Waals surface area contributed by atoms with Crippen molar-refractivity contribution in [3.05, 3.63) is 21.3 Å². The van der Waals surface area contributed by atoms with Gasteiger partial charge in [-0.2, -0.15) is 0 Å². The maximum atomic E-state index is 12.1. The number of rotatable bonds is 4. The zero-order valence-corrected chi connectivity index (χ0v) is 12.0. The van der Waals surface area contributed by atoms with Gasteiger partial charge in [0.05, 0.1) is 10.9 Å². The highest BCUT2D eigenvalue weighted by Gasteiger charge is 2.27. The van der Waals surface area contributed by atoms with Crippen molar-refractivity contribution < 1.29 is 14.7 Å². The number of piperidine rings is 1. The van der Waals surface area contributed by atoms with Gasteiger partial charge in [0.1, 0.15) is 0 Å². The first kappa shape index (κ1) is 14.3. The molecule has 0 saturated carbocycles. The summed E-state index contributed by atoms with van der Waals surface area (Å²) in [6.07, 6.45) is 2.53. The summed E-state index contributed by atoms with van der Waals surface area (Å²) in [5.74, 6) is -1.17. The number of aryl methyl sites for hydroxylation is 1. The Labute approximate surface area is 121 Å². The minimum absolute atomic E-state index is 0.0375. The van der Waals surface area contributed by atoms with Crippen molar-refractivity contribution >= 4 is 34.8 Å². The molecule has 1 aromatic heterocycles. The van der Waals surface area contributed by atoms with Gasteiger partial charge in [-0.15, -0.1) is 11.3 Å². The second kappa shape index (κ2) is 6.39. The van der Waals surface area contributed by atoms with Crippen LogP contribution < -0.4 is 0 Å². The van der Waals surface area contributed by atoms with Gasteiger partial charge in [0.25, 0.3) is 0 Å². The Morgan fingerprint density at radius 2 is 2.32 bits per heavy atom. The molecule has 4 nitrogen and oxygen atoms in total. The van der Waals surface area contributed by atoms with Gasteiger partial charge in [-0.3, -0.25) is 9.59 Å². The van der Waals surface area contributed by atoms with E-state index in [-0.39, 0.29) is 5.91 Å². The van der Waals surface area contributed by atoms with Crippen LogP contribution in [0.5, 0.6) is 0 Å². The van der Waals surface area contributed by atoms with E-state index in [0.29, 0.717) is 37.4 Å². The second-order valence-corrected chi connectivity index (χ2v) is 6.18. The number of thiophene rings is 1. The number of carboxylic acids is 1. The van der Waals surface area contributed by atoms with Crippen LogP contribution in [0.3, 0.4) is 0 Å². The van der Waals surface area contributed by atoms with Crippen LogP contribution in [0.4, 0.5) is 0 Å². The number of hydrogen-bond donors (Lipinski definition) is 1. The van der Waals surface area contributed by atoms with Crippen molar-refractivity contribution in [3.8, 4) is 0 Å². The van der Waals surface area contributed by atoms with Crippen molar-refractivity contribution in [1.82, 2.24) is 4.90 Å². The molecule has 0 spiro atoms. The number of carbonyl (C=O) groups excluding carboxylic acids is 1. The van der Waals surface area contributed by atoms with E-state index < -0.39 is 11.9 Å². The van der Waals surface area contributed by atoms with Crippen LogP contribution in [-0.2, 0) is 16.0 Å². The molecular formula is C13H16ClNO3S. The summed E-state index contributed by atoms with van der Waals surface area (Å²) in [7, 11) is 0. The predicted molar refractivity (Wildman–Crippen MR) is 74.6 cm³/mol. The highest BCUT2D eigenvalue weighted by atomic mass is 35.5. The first-order chi connectivity index (χ1) is 9.06. The summed E-state index contributed by atoms with van der Waals surface area (Å²) in [6, 6.07) is 1.87. The molecule has 2 heterocycles. The molecule has 19 heavy (non-hydrogen) atoms. The smallest absolute Gasteiger partial charge is 0.308 e. The van der Waals surface area contributed by atoms with E-state index in [1.165, 1.54) is 0 Å². The molecule has 104 valence electrons. The van der Waals surface area contributed by atoms with Crippen molar-refractivity contribution in [3.63, 3.8) is 0 Å². The number of carboxylic acid groups (broad SMARTS) is 1. The van der Waals surface area contributed by atoms with Crippen molar-refractivity contribution in [2.45, 2.75) is 25.7 Å². The van der Waals surface area contributed by atoms with E-state index in [4.69, 9.17) is 16.7 Å². The number of amides is 1. The molecule has 1 atom stereocenters. The van der Waals surface area contributed by atoms with Crippen molar-refractivity contribution in [2.24, 2.45) is 5.92 Å². The quantitative estimate of drug-likeness (QED) is 0.930. The molecule has 1 aliphatic rings. The number of halogens is 1. The zero-order chi connectivity index (χ0) is 13.8. The van der Waals surface area contributed by atoms with Gasteiger partial charge in [0, 0.05) is 29.8 Å². The van der Waals surface area contributed by atoms with E-state index in [9.17, 15) is 9.59 Å². The fourth-order valence-electron chi connectivity index (χ4n) is 2.28. The Bertz CT molecular complexity index is 474. The monoisotopic (exact) mass is 301 g/mol. The van der Waals surface area contributed by atoms with E-state index in [1.54, 1.807) is 16.2 Å². The number of hydrogen-bond acceptors (Lipinski definition) is 3. The Kier molecular flexibility index (Phi) is 4.82.